The number of carboxylic acid groups (broad SMARTS) is 1. The Hall–Kier alpha value is -2.86. The van der Waals surface area contributed by atoms with Crippen molar-refractivity contribution in [2.24, 2.45) is 18.9 Å². The fourth-order valence-corrected chi connectivity index (χ4v) is 5.83. The molecular weight excluding hydrogens is 450 g/mol. The van der Waals surface area contributed by atoms with E-state index in [1.165, 1.54) is 35.8 Å². The Bertz CT molecular complexity index is 1130. The van der Waals surface area contributed by atoms with Crippen molar-refractivity contribution in [1.82, 2.24) is 14.5 Å². The first-order valence-corrected chi connectivity index (χ1v) is 13.5. The predicted octanol–water partition coefficient (Wildman–Crippen LogP) is 5.73. The zero-order chi connectivity index (χ0) is 25.3. The van der Waals surface area contributed by atoms with E-state index in [0.29, 0.717) is 11.8 Å². The molecule has 0 aliphatic carbocycles. The summed E-state index contributed by atoms with van der Waals surface area (Å²) < 4.78 is 7.54. The molecular formula is C30H41N3O3. The van der Waals surface area contributed by atoms with E-state index in [0.717, 1.165) is 63.0 Å². The molecule has 0 unspecified atom stereocenters. The van der Waals surface area contributed by atoms with Gasteiger partial charge in [0.2, 0.25) is 0 Å². The number of ether oxygens (including phenoxy) is 1. The Morgan fingerprint density at radius 3 is 2.78 bits per heavy atom. The lowest BCUT2D eigenvalue weighted by molar-refractivity contribution is -0.137. The minimum Gasteiger partial charge on any atom is -0.497 e. The van der Waals surface area contributed by atoms with Crippen molar-refractivity contribution < 1.29 is 14.6 Å². The van der Waals surface area contributed by atoms with E-state index in [4.69, 9.17) is 4.74 Å². The third-order valence-corrected chi connectivity index (χ3v) is 7.85. The van der Waals surface area contributed by atoms with Gasteiger partial charge in [0.25, 0.3) is 0 Å². The third kappa shape index (κ3) is 7.33. The van der Waals surface area contributed by atoms with Gasteiger partial charge >= 0.3 is 5.97 Å². The van der Waals surface area contributed by atoms with Crippen LogP contribution in [0.5, 0.6) is 5.75 Å². The minimum atomic E-state index is -0.675. The van der Waals surface area contributed by atoms with Gasteiger partial charge in [-0.1, -0.05) is 0 Å². The second-order valence-electron chi connectivity index (χ2n) is 10.4. The molecule has 1 N–H and O–H groups in total. The van der Waals surface area contributed by atoms with Crippen LogP contribution in [0.15, 0.2) is 48.9 Å². The number of likely N-dealkylation sites (tertiary alicyclic amines) is 1. The standard InChI is InChI=1S/C30H41N3O3/c1-32-18-14-23(21-32)6-3-4-17-33-19-15-24(26(22-33)9-12-30(34)35)7-5-8-25-13-16-31-29-11-10-27(36-2)20-28(25)29/h10-11,13-14,16,18,20-21,24,26H,3-9,12,15,17,19,22H2,1-2H3,(H,34,35)/t24-,26+/m1/s1. The number of methoxy groups -OCH3 is 1. The number of hydrogen-bond donors (Lipinski definition) is 1. The topological polar surface area (TPSA) is 67.6 Å². The average molecular weight is 492 g/mol. The summed E-state index contributed by atoms with van der Waals surface area (Å²) in [6, 6.07) is 10.4. The summed E-state index contributed by atoms with van der Waals surface area (Å²) in [5.74, 6) is 1.26. The summed E-state index contributed by atoms with van der Waals surface area (Å²) in [5, 5.41) is 10.5. The number of unbranched alkanes of at least 4 members (excludes halogenated alkanes) is 1. The maximum absolute atomic E-state index is 11.3. The number of rotatable bonds is 13. The molecule has 2 atom stereocenters. The number of piperidine rings is 1. The van der Waals surface area contributed by atoms with Crippen LogP contribution in [0.3, 0.4) is 0 Å². The van der Waals surface area contributed by atoms with Crippen LogP contribution < -0.4 is 4.74 Å². The average Bonchev–Trinajstić information content (AvgIpc) is 3.30. The van der Waals surface area contributed by atoms with Gasteiger partial charge in [0, 0.05) is 44.0 Å². The number of aliphatic carboxylic acids is 1. The SMILES string of the molecule is COc1ccc2nccc(CCC[C@@H]3CCN(CCCCc4ccn(C)c4)C[C@@H]3CCC(=O)O)c2c1. The second kappa shape index (κ2) is 12.9. The first-order chi connectivity index (χ1) is 17.5. The molecule has 2 aromatic heterocycles. The lowest BCUT2D eigenvalue weighted by Crippen LogP contribution is -2.41. The summed E-state index contributed by atoms with van der Waals surface area (Å²) in [7, 11) is 3.77. The Labute approximate surface area is 215 Å². The van der Waals surface area contributed by atoms with E-state index in [1.807, 2.05) is 18.3 Å². The van der Waals surface area contributed by atoms with E-state index in [1.54, 1.807) is 7.11 Å². The van der Waals surface area contributed by atoms with Crippen molar-refractivity contribution in [3.63, 3.8) is 0 Å². The van der Waals surface area contributed by atoms with Crippen LogP contribution in [0, 0.1) is 11.8 Å². The van der Waals surface area contributed by atoms with Gasteiger partial charge in [0.15, 0.2) is 0 Å². The Morgan fingerprint density at radius 1 is 1.11 bits per heavy atom. The van der Waals surface area contributed by atoms with Crippen molar-refractivity contribution in [1.29, 1.82) is 0 Å². The number of pyridine rings is 1. The van der Waals surface area contributed by atoms with Crippen molar-refractivity contribution in [2.45, 2.75) is 57.8 Å². The monoisotopic (exact) mass is 491 g/mol. The number of benzene rings is 1. The van der Waals surface area contributed by atoms with Crippen molar-refractivity contribution in [2.75, 3.05) is 26.7 Å². The highest BCUT2D eigenvalue weighted by Gasteiger charge is 2.29. The fourth-order valence-electron chi connectivity index (χ4n) is 5.83. The normalized spacial score (nSPS) is 18.5. The second-order valence-corrected chi connectivity index (χ2v) is 10.4. The summed E-state index contributed by atoms with van der Waals surface area (Å²) in [6.07, 6.45) is 15.3. The molecule has 0 saturated carbocycles. The summed E-state index contributed by atoms with van der Waals surface area (Å²) in [4.78, 5) is 18.4. The summed E-state index contributed by atoms with van der Waals surface area (Å²) >= 11 is 0. The molecule has 1 fully saturated rings. The van der Waals surface area contributed by atoms with Gasteiger partial charge in [-0.25, -0.2) is 0 Å². The van der Waals surface area contributed by atoms with Crippen LogP contribution in [0.25, 0.3) is 10.9 Å². The molecule has 3 heterocycles. The number of aryl methyl sites for hydroxylation is 3. The van der Waals surface area contributed by atoms with Crippen molar-refractivity contribution >= 4 is 16.9 Å². The van der Waals surface area contributed by atoms with Crippen LogP contribution >= 0.6 is 0 Å². The Kier molecular flexibility index (Phi) is 9.40. The molecule has 6 nitrogen and oxygen atoms in total. The molecule has 1 aliphatic heterocycles. The number of carboxylic acids is 1. The van der Waals surface area contributed by atoms with Crippen LogP contribution in [-0.2, 0) is 24.7 Å². The van der Waals surface area contributed by atoms with Gasteiger partial charge in [-0.05, 0) is 118 Å². The van der Waals surface area contributed by atoms with Gasteiger partial charge in [0.1, 0.15) is 5.75 Å². The number of nitrogens with zero attached hydrogens (tertiary/aromatic N) is 3. The predicted molar refractivity (Wildman–Crippen MR) is 144 cm³/mol. The van der Waals surface area contributed by atoms with Crippen LogP contribution in [0.4, 0.5) is 0 Å². The molecule has 1 aliphatic rings. The molecule has 0 bridgehead atoms. The van der Waals surface area contributed by atoms with E-state index < -0.39 is 5.97 Å². The molecule has 1 saturated heterocycles. The molecule has 4 rings (SSSR count). The summed E-state index contributed by atoms with van der Waals surface area (Å²) in [5.41, 5.74) is 3.74. The molecule has 36 heavy (non-hydrogen) atoms. The highest BCUT2D eigenvalue weighted by Crippen LogP contribution is 2.32. The number of fused-ring (bicyclic) bond motifs is 1. The largest absolute Gasteiger partial charge is 0.497 e. The van der Waals surface area contributed by atoms with Gasteiger partial charge < -0.3 is 19.3 Å². The zero-order valence-corrected chi connectivity index (χ0v) is 21.9. The molecule has 6 heteroatoms. The fraction of sp³-hybridized carbons (Fsp3) is 0.533. The highest BCUT2D eigenvalue weighted by atomic mass is 16.5. The van der Waals surface area contributed by atoms with E-state index in [2.05, 4.69) is 52.1 Å². The van der Waals surface area contributed by atoms with Gasteiger partial charge in [-0.3, -0.25) is 9.78 Å². The van der Waals surface area contributed by atoms with Crippen molar-refractivity contribution in [3.05, 3.63) is 60.0 Å². The molecule has 1 aromatic carbocycles. The van der Waals surface area contributed by atoms with Crippen LogP contribution in [-0.4, -0.2) is 52.3 Å². The number of carbonyl (C=O) groups is 1. The lowest BCUT2D eigenvalue weighted by Gasteiger charge is -2.39. The molecule has 0 amide bonds. The molecule has 0 spiro atoms. The van der Waals surface area contributed by atoms with E-state index >= 15 is 0 Å². The van der Waals surface area contributed by atoms with E-state index in [-0.39, 0.29) is 6.42 Å². The van der Waals surface area contributed by atoms with Gasteiger partial charge in [-0.2, -0.15) is 0 Å². The lowest BCUT2D eigenvalue weighted by atomic mass is 9.79. The molecule has 0 radical (unpaired) electrons. The van der Waals surface area contributed by atoms with E-state index in [9.17, 15) is 9.90 Å². The molecule has 3 aromatic rings. The Morgan fingerprint density at radius 2 is 2.00 bits per heavy atom. The minimum absolute atomic E-state index is 0.276. The number of hydrogen-bond acceptors (Lipinski definition) is 4. The van der Waals surface area contributed by atoms with Crippen LogP contribution in [0.1, 0.15) is 56.1 Å². The van der Waals surface area contributed by atoms with Gasteiger partial charge in [0.05, 0.1) is 12.6 Å². The maximum atomic E-state index is 11.3. The first kappa shape index (κ1) is 26.2. The smallest absolute Gasteiger partial charge is 0.303 e. The third-order valence-electron chi connectivity index (χ3n) is 7.85. The maximum Gasteiger partial charge on any atom is 0.303 e. The number of aromatic nitrogens is 2. The molecule has 194 valence electrons. The Balaban J connectivity index is 1.28. The van der Waals surface area contributed by atoms with Crippen LogP contribution in [0.2, 0.25) is 0 Å². The van der Waals surface area contributed by atoms with Crippen molar-refractivity contribution in [3.8, 4) is 5.75 Å². The highest BCUT2D eigenvalue weighted by molar-refractivity contribution is 5.83. The summed E-state index contributed by atoms with van der Waals surface area (Å²) in [6.45, 7) is 3.29. The first-order valence-electron chi connectivity index (χ1n) is 13.5. The van der Waals surface area contributed by atoms with Gasteiger partial charge in [-0.15, -0.1) is 0 Å². The zero-order valence-electron chi connectivity index (χ0n) is 21.9. The quantitative estimate of drug-likeness (QED) is 0.309.